The molecule has 2 heterocycles. The number of hydrogen-bond acceptors (Lipinski definition) is 6. The van der Waals surface area contributed by atoms with Crippen molar-refractivity contribution in [1.29, 1.82) is 5.26 Å². The number of aromatic nitrogens is 1. The zero-order chi connectivity index (χ0) is 27.1. The van der Waals surface area contributed by atoms with Crippen molar-refractivity contribution in [1.82, 2.24) is 15.2 Å². The number of nitriles is 1. The molecule has 1 saturated heterocycles. The number of carbonyl (C=O) groups is 2. The number of carbonyl (C=O) groups excluding carboxylic acids is 2. The first-order valence-electron chi connectivity index (χ1n) is 12.6. The summed E-state index contributed by atoms with van der Waals surface area (Å²) in [6, 6.07) is 18.2. The number of amides is 2. The first kappa shape index (κ1) is 26.8. The van der Waals surface area contributed by atoms with Gasteiger partial charge in [-0.1, -0.05) is 31.2 Å². The highest BCUT2D eigenvalue weighted by Gasteiger charge is 2.23. The zero-order valence-corrected chi connectivity index (χ0v) is 21.5. The van der Waals surface area contributed by atoms with E-state index in [4.69, 9.17) is 5.26 Å². The Morgan fingerprint density at radius 3 is 2.39 bits per heavy atom. The number of benzene rings is 2. The third-order valence-corrected chi connectivity index (χ3v) is 6.77. The third-order valence-electron chi connectivity index (χ3n) is 6.77. The lowest BCUT2D eigenvalue weighted by atomic mass is 9.98. The summed E-state index contributed by atoms with van der Waals surface area (Å²) < 4.78 is 14.0. The molecule has 0 spiro atoms. The Morgan fingerprint density at radius 1 is 1.05 bits per heavy atom. The predicted octanol–water partition coefficient (Wildman–Crippen LogP) is 3.83. The van der Waals surface area contributed by atoms with E-state index in [1.54, 1.807) is 43.5 Å². The summed E-state index contributed by atoms with van der Waals surface area (Å²) in [7, 11) is 0. The number of anilines is 2. The van der Waals surface area contributed by atoms with Crippen LogP contribution >= 0.6 is 0 Å². The summed E-state index contributed by atoms with van der Waals surface area (Å²) in [5, 5.41) is 15.1. The minimum absolute atomic E-state index is 0.0486. The molecule has 0 saturated carbocycles. The maximum Gasteiger partial charge on any atom is 0.247 e. The summed E-state index contributed by atoms with van der Waals surface area (Å²) >= 11 is 0. The predicted molar refractivity (Wildman–Crippen MR) is 144 cm³/mol. The van der Waals surface area contributed by atoms with E-state index >= 15 is 0 Å². The highest BCUT2D eigenvalue weighted by Crippen LogP contribution is 2.22. The van der Waals surface area contributed by atoms with Crippen LogP contribution in [-0.2, 0) is 9.59 Å². The van der Waals surface area contributed by atoms with Crippen molar-refractivity contribution in [3.8, 4) is 6.07 Å². The highest BCUT2D eigenvalue weighted by molar-refractivity contribution is 5.94. The maximum atomic E-state index is 14.0. The van der Waals surface area contributed by atoms with E-state index in [1.165, 1.54) is 12.1 Å². The van der Waals surface area contributed by atoms with Crippen LogP contribution in [0.25, 0.3) is 0 Å². The molecule has 1 fully saturated rings. The van der Waals surface area contributed by atoms with Crippen molar-refractivity contribution in [3.05, 3.63) is 89.4 Å². The molecule has 0 unspecified atom stereocenters. The smallest absolute Gasteiger partial charge is 0.247 e. The van der Waals surface area contributed by atoms with Gasteiger partial charge in [0.05, 0.1) is 23.5 Å². The van der Waals surface area contributed by atoms with Gasteiger partial charge >= 0.3 is 0 Å². The van der Waals surface area contributed by atoms with Crippen LogP contribution in [0.2, 0.25) is 0 Å². The second kappa shape index (κ2) is 12.3. The van der Waals surface area contributed by atoms with Gasteiger partial charge in [0.15, 0.2) is 0 Å². The summed E-state index contributed by atoms with van der Waals surface area (Å²) in [6.45, 7) is 6.82. The lowest BCUT2D eigenvalue weighted by Gasteiger charge is -2.35. The topological polar surface area (TPSA) is 101 Å². The lowest BCUT2D eigenvalue weighted by molar-refractivity contribution is -0.129. The van der Waals surface area contributed by atoms with Crippen molar-refractivity contribution in [3.63, 3.8) is 0 Å². The molecular formula is C29H31FN6O2. The SMILES string of the molecule is CC(=O)N1CCN(c2ccc(NC(=O)[C@@H](NC[C@@H](C)c3ccc(C#N)cc3)c3cccc(F)c3)nc2)CC1. The normalized spacial score (nSPS) is 14.9. The molecular weight excluding hydrogens is 483 g/mol. The molecule has 1 aliphatic heterocycles. The van der Waals surface area contributed by atoms with Crippen LogP contribution in [0, 0.1) is 17.1 Å². The largest absolute Gasteiger partial charge is 0.367 e. The van der Waals surface area contributed by atoms with E-state index in [9.17, 15) is 14.0 Å². The Morgan fingerprint density at radius 2 is 1.79 bits per heavy atom. The van der Waals surface area contributed by atoms with Gasteiger partial charge in [-0.2, -0.15) is 5.26 Å². The fourth-order valence-corrected chi connectivity index (χ4v) is 4.47. The van der Waals surface area contributed by atoms with Gasteiger partial charge in [0.1, 0.15) is 17.7 Å². The van der Waals surface area contributed by atoms with Crippen molar-refractivity contribution < 1.29 is 14.0 Å². The molecule has 0 radical (unpaired) electrons. The second-order valence-electron chi connectivity index (χ2n) is 9.42. The Bertz CT molecular complexity index is 1300. The van der Waals surface area contributed by atoms with Crippen LogP contribution in [0.3, 0.4) is 0 Å². The average Bonchev–Trinajstić information content (AvgIpc) is 2.93. The van der Waals surface area contributed by atoms with Gasteiger partial charge in [-0.25, -0.2) is 9.37 Å². The lowest BCUT2D eigenvalue weighted by Crippen LogP contribution is -2.48. The molecule has 1 aliphatic rings. The van der Waals surface area contributed by atoms with Gasteiger partial charge in [0, 0.05) is 39.6 Å². The molecule has 3 aromatic rings. The van der Waals surface area contributed by atoms with E-state index in [1.807, 2.05) is 30.0 Å². The Hall–Kier alpha value is -4.29. The Balaban J connectivity index is 1.42. The first-order valence-corrected chi connectivity index (χ1v) is 12.6. The molecule has 2 aromatic carbocycles. The molecule has 4 rings (SSSR count). The van der Waals surface area contributed by atoms with Crippen LogP contribution in [0.15, 0.2) is 66.9 Å². The fraction of sp³-hybridized carbons (Fsp3) is 0.310. The summed E-state index contributed by atoms with van der Waals surface area (Å²) in [4.78, 5) is 33.3. The quantitative estimate of drug-likeness (QED) is 0.474. The number of hydrogen-bond donors (Lipinski definition) is 2. The van der Waals surface area contributed by atoms with Crippen molar-refractivity contribution in [2.45, 2.75) is 25.8 Å². The molecule has 196 valence electrons. The van der Waals surface area contributed by atoms with Gasteiger partial charge in [-0.15, -0.1) is 0 Å². The standard InChI is InChI=1S/C29H31FN6O2/c1-20(23-8-6-22(17-31)7-9-23)18-33-28(24-4-3-5-25(30)16-24)29(38)34-27-11-10-26(19-32-27)36-14-12-35(13-15-36)21(2)37/h3-11,16,19-20,28,33H,12-15,18H2,1-2H3,(H,32,34,38)/t20-,28+/m1/s1. The third kappa shape index (κ3) is 6.72. The molecule has 8 nitrogen and oxygen atoms in total. The molecule has 9 heteroatoms. The zero-order valence-electron chi connectivity index (χ0n) is 21.5. The Kier molecular flexibility index (Phi) is 8.66. The number of piperazine rings is 1. The minimum atomic E-state index is -0.798. The number of rotatable bonds is 8. The molecule has 2 N–H and O–H groups in total. The Labute approximate surface area is 222 Å². The molecule has 1 aromatic heterocycles. The second-order valence-corrected chi connectivity index (χ2v) is 9.42. The number of nitrogens with zero attached hydrogens (tertiary/aromatic N) is 4. The van der Waals surface area contributed by atoms with Crippen LogP contribution in [0.4, 0.5) is 15.9 Å². The number of halogens is 1. The molecule has 0 bridgehead atoms. The van der Waals surface area contributed by atoms with Gasteiger partial charge < -0.3 is 20.4 Å². The van der Waals surface area contributed by atoms with E-state index < -0.39 is 11.9 Å². The van der Waals surface area contributed by atoms with Crippen LogP contribution in [-0.4, -0.2) is 54.4 Å². The van der Waals surface area contributed by atoms with Crippen molar-refractivity contribution in [2.75, 3.05) is 42.9 Å². The first-order chi connectivity index (χ1) is 18.3. The van der Waals surface area contributed by atoms with Gasteiger partial charge in [0.25, 0.3) is 0 Å². The van der Waals surface area contributed by atoms with Gasteiger partial charge in [-0.3, -0.25) is 9.59 Å². The van der Waals surface area contributed by atoms with Crippen molar-refractivity contribution >= 4 is 23.3 Å². The van der Waals surface area contributed by atoms with E-state index in [0.29, 0.717) is 36.6 Å². The minimum Gasteiger partial charge on any atom is -0.367 e. The van der Waals surface area contributed by atoms with Gasteiger partial charge in [-0.05, 0) is 53.4 Å². The van der Waals surface area contributed by atoms with E-state index in [-0.39, 0.29) is 17.7 Å². The number of pyridine rings is 1. The van der Waals surface area contributed by atoms with Gasteiger partial charge in [0.2, 0.25) is 11.8 Å². The highest BCUT2D eigenvalue weighted by atomic mass is 19.1. The van der Waals surface area contributed by atoms with Crippen LogP contribution in [0.5, 0.6) is 0 Å². The molecule has 0 aliphatic carbocycles. The summed E-state index contributed by atoms with van der Waals surface area (Å²) in [5.74, 6) is -0.252. The number of nitrogens with one attached hydrogen (secondary N) is 2. The van der Waals surface area contributed by atoms with E-state index in [0.717, 1.165) is 24.3 Å². The molecule has 2 atom stereocenters. The maximum absolute atomic E-state index is 14.0. The average molecular weight is 515 g/mol. The van der Waals surface area contributed by atoms with E-state index in [2.05, 4.69) is 26.6 Å². The van der Waals surface area contributed by atoms with Crippen LogP contribution in [0.1, 0.15) is 42.5 Å². The summed E-state index contributed by atoms with van der Waals surface area (Å²) in [5.41, 5.74) is 3.04. The van der Waals surface area contributed by atoms with Crippen molar-refractivity contribution in [2.24, 2.45) is 0 Å². The molecule has 2 amide bonds. The van der Waals surface area contributed by atoms with Crippen LogP contribution < -0.4 is 15.5 Å². The molecule has 38 heavy (non-hydrogen) atoms. The monoisotopic (exact) mass is 514 g/mol. The fourth-order valence-electron chi connectivity index (χ4n) is 4.47. The summed E-state index contributed by atoms with van der Waals surface area (Å²) in [6.07, 6.45) is 1.70.